The summed E-state index contributed by atoms with van der Waals surface area (Å²) < 4.78 is 36.9. The van der Waals surface area contributed by atoms with Crippen molar-refractivity contribution >= 4 is 21.8 Å². The summed E-state index contributed by atoms with van der Waals surface area (Å²) >= 11 is 0. The highest BCUT2D eigenvalue weighted by atomic mass is 32.2. The lowest BCUT2D eigenvalue weighted by Crippen LogP contribution is -2.41. The fourth-order valence-corrected chi connectivity index (χ4v) is 4.37. The van der Waals surface area contributed by atoms with Gasteiger partial charge in [0.2, 0.25) is 21.8 Å². The summed E-state index contributed by atoms with van der Waals surface area (Å²) in [6, 6.07) is 7.93. The molecule has 0 spiro atoms. The van der Waals surface area contributed by atoms with Crippen LogP contribution < -0.4 is 10.1 Å². The highest BCUT2D eigenvalue weighted by Crippen LogP contribution is 2.26. The van der Waals surface area contributed by atoms with Crippen molar-refractivity contribution in [3.8, 4) is 5.75 Å². The number of sulfonamides is 1. The zero-order chi connectivity index (χ0) is 18.7. The molecular weight excluding hydrogens is 358 g/mol. The molecule has 1 N–H and O–H groups in total. The van der Waals surface area contributed by atoms with Gasteiger partial charge in [0, 0.05) is 25.1 Å². The Bertz CT molecular complexity index is 868. The van der Waals surface area contributed by atoms with Gasteiger partial charge in [0.05, 0.1) is 17.7 Å². The number of ether oxygens (including phenoxy) is 1. The Labute approximate surface area is 152 Å². The van der Waals surface area contributed by atoms with E-state index in [4.69, 9.17) is 9.26 Å². The number of aromatic nitrogens is 1. The summed E-state index contributed by atoms with van der Waals surface area (Å²) in [4.78, 5) is 12.5. The Morgan fingerprint density at radius 3 is 2.46 bits per heavy atom. The van der Waals surface area contributed by atoms with Crippen LogP contribution >= 0.6 is 0 Å². The maximum Gasteiger partial charge on any atom is 0.243 e. The predicted molar refractivity (Wildman–Crippen MR) is 94.3 cm³/mol. The molecule has 1 aliphatic rings. The molecule has 26 heavy (non-hydrogen) atoms. The summed E-state index contributed by atoms with van der Waals surface area (Å²) in [5, 5.41) is 6.40. The zero-order valence-corrected chi connectivity index (χ0v) is 15.5. The molecule has 0 saturated carbocycles. The molecule has 0 atom stereocenters. The first-order valence-electron chi connectivity index (χ1n) is 8.28. The molecular formula is C17H21N3O5S. The van der Waals surface area contributed by atoms with Gasteiger partial charge in [-0.1, -0.05) is 5.16 Å². The number of benzene rings is 1. The van der Waals surface area contributed by atoms with E-state index in [1.165, 1.54) is 23.5 Å². The highest BCUT2D eigenvalue weighted by molar-refractivity contribution is 7.89. The maximum atomic E-state index is 12.7. The average Bonchev–Trinajstić information content (AvgIpc) is 3.06. The summed E-state index contributed by atoms with van der Waals surface area (Å²) in [6.07, 6.45) is 0.905. The zero-order valence-electron chi connectivity index (χ0n) is 14.6. The number of rotatable bonds is 5. The van der Waals surface area contributed by atoms with E-state index in [0.717, 1.165) is 0 Å². The van der Waals surface area contributed by atoms with Crippen LogP contribution in [0.2, 0.25) is 0 Å². The molecule has 9 heteroatoms. The molecule has 1 amide bonds. The van der Waals surface area contributed by atoms with Crippen LogP contribution in [-0.2, 0) is 14.8 Å². The molecule has 1 aliphatic heterocycles. The molecule has 140 valence electrons. The summed E-state index contributed by atoms with van der Waals surface area (Å²) in [5.74, 6) is 0.466. The van der Waals surface area contributed by atoms with Gasteiger partial charge in [-0.05, 0) is 44.0 Å². The minimum atomic E-state index is -3.57. The number of piperidine rings is 1. The van der Waals surface area contributed by atoms with Crippen LogP contribution in [0.25, 0.3) is 0 Å². The normalized spacial score (nSPS) is 16.4. The maximum absolute atomic E-state index is 12.7. The van der Waals surface area contributed by atoms with Gasteiger partial charge >= 0.3 is 0 Å². The van der Waals surface area contributed by atoms with Crippen LogP contribution in [0.3, 0.4) is 0 Å². The van der Waals surface area contributed by atoms with E-state index in [1.54, 1.807) is 25.1 Å². The minimum absolute atomic E-state index is 0.178. The SMILES string of the molecule is COc1ccc(S(=O)(=O)N2CCC(C(=O)Nc3cc(C)no3)CC2)cc1. The first-order valence-corrected chi connectivity index (χ1v) is 9.72. The fraction of sp³-hybridized carbons (Fsp3) is 0.412. The van der Waals surface area contributed by atoms with Crippen LogP contribution in [0.15, 0.2) is 39.8 Å². The Kier molecular flexibility index (Phi) is 5.28. The predicted octanol–water partition coefficient (Wildman–Crippen LogP) is 2.03. The van der Waals surface area contributed by atoms with Gasteiger partial charge in [-0.15, -0.1) is 0 Å². The van der Waals surface area contributed by atoms with Crippen molar-refractivity contribution < 1.29 is 22.5 Å². The molecule has 0 bridgehead atoms. The van der Waals surface area contributed by atoms with E-state index in [1.807, 2.05) is 0 Å². The summed E-state index contributed by atoms with van der Waals surface area (Å²) in [7, 11) is -2.05. The monoisotopic (exact) mass is 379 g/mol. The number of nitrogens with one attached hydrogen (secondary N) is 1. The fourth-order valence-electron chi connectivity index (χ4n) is 2.90. The van der Waals surface area contributed by atoms with E-state index < -0.39 is 10.0 Å². The third-order valence-electron chi connectivity index (χ3n) is 4.40. The van der Waals surface area contributed by atoms with Gasteiger partial charge < -0.3 is 9.26 Å². The smallest absolute Gasteiger partial charge is 0.243 e. The van der Waals surface area contributed by atoms with Crippen molar-refractivity contribution in [2.45, 2.75) is 24.7 Å². The van der Waals surface area contributed by atoms with E-state index in [9.17, 15) is 13.2 Å². The van der Waals surface area contributed by atoms with Crippen molar-refractivity contribution in [1.29, 1.82) is 0 Å². The van der Waals surface area contributed by atoms with Gasteiger partial charge in [0.15, 0.2) is 0 Å². The Balaban J connectivity index is 1.60. The van der Waals surface area contributed by atoms with Crippen molar-refractivity contribution in [3.05, 3.63) is 36.0 Å². The quantitative estimate of drug-likeness (QED) is 0.853. The summed E-state index contributed by atoms with van der Waals surface area (Å²) in [6.45, 7) is 2.35. The molecule has 0 radical (unpaired) electrons. The van der Waals surface area contributed by atoms with Crippen LogP contribution in [0.4, 0.5) is 5.88 Å². The van der Waals surface area contributed by atoms with Crippen LogP contribution in [0.5, 0.6) is 5.75 Å². The number of carbonyl (C=O) groups is 1. The molecule has 1 saturated heterocycles. The lowest BCUT2D eigenvalue weighted by molar-refractivity contribution is -0.121. The Morgan fingerprint density at radius 2 is 1.92 bits per heavy atom. The van der Waals surface area contributed by atoms with Crippen LogP contribution in [-0.4, -0.2) is 44.0 Å². The van der Waals surface area contributed by atoms with E-state index in [2.05, 4.69) is 10.5 Å². The number of carbonyl (C=O) groups excluding carboxylic acids is 1. The molecule has 0 aliphatic carbocycles. The molecule has 2 aromatic rings. The second-order valence-corrected chi connectivity index (χ2v) is 8.11. The van der Waals surface area contributed by atoms with E-state index in [0.29, 0.717) is 43.3 Å². The van der Waals surface area contributed by atoms with Crippen LogP contribution in [0.1, 0.15) is 18.5 Å². The lowest BCUT2D eigenvalue weighted by atomic mass is 9.97. The third kappa shape index (κ3) is 3.88. The molecule has 1 aromatic carbocycles. The first kappa shape index (κ1) is 18.4. The third-order valence-corrected chi connectivity index (χ3v) is 6.31. The highest BCUT2D eigenvalue weighted by Gasteiger charge is 2.32. The van der Waals surface area contributed by atoms with Gasteiger partial charge in [-0.2, -0.15) is 4.31 Å². The number of aryl methyl sites for hydroxylation is 1. The molecule has 8 nitrogen and oxygen atoms in total. The number of amides is 1. The number of hydrogen-bond acceptors (Lipinski definition) is 6. The van der Waals surface area contributed by atoms with E-state index in [-0.39, 0.29) is 16.7 Å². The molecule has 1 aromatic heterocycles. The van der Waals surface area contributed by atoms with Gasteiger partial charge in [-0.3, -0.25) is 10.1 Å². The topological polar surface area (TPSA) is 102 Å². The second-order valence-electron chi connectivity index (χ2n) is 6.18. The Hall–Kier alpha value is -2.39. The van der Waals surface area contributed by atoms with Crippen LogP contribution in [0, 0.1) is 12.8 Å². The van der Waals surface area contributed by atoms with Gasteiger partial charge in [-0.25, -0.2) is 8.42 Å². The number of nitrogens with zero attached hydrogens (tertiary/aromatic N) is 2. The number of anilines is 1. The minimum Gasteiger partial charge on any atom is -0.497 e. The second kappa shape index (κ2) is 7.46. The number of methoxy groups -OCH3 is 1. The first-order chi connectivity index (χ1) is 12.4. The van der Waals surface area contributed by atoms with Crippen molar-refractivity contribution in [1.82, 2.24) is 9.46 Å². The summed E-state index contributed by atoms with van der Waals surface area (Å²) in [5.41, 5.74) is 0.681. The number of hydrogen-bond donors (Lipinski definition) is 1. The largest absolute Gasteiger partial charge is 0.497 e. The van der Waals surface area contributed by atoms with Gasteiger partial charge in [0.1, 0.15) is 5.75 Å². The van der Waals surface area contributed by atoms with Crippen molar-refractivity contribution in [2.24, 2.45) is 5.92 Å². The standard InChI is InChI=1S/C17H21N3O5S/c1-12-11-16(25-19-12)18-17(21)13-7-9-20(10-8-13)26(22,23)15-5-3-14(24-2)4-6-15/h3-6,11,13H,7-10H2,1-2H3,(H,18,21). The van der Waals surface area contributed by atoms with Crippen molar-refractivity contribution in [2.75, 3.05) is 25.5 Å². The van der Waals surface area contributed by atoms with Gasteiger partial charge in [0.25, 0.3) is 0 Å². The lowest BCUT2D eigenvalue weighted by Gasteiger charge is -2.30. The Morgan fingerprint density at radius 1 is 1.27 bits per heavy atom. The molecule has 2 heterocycles. The molecule has 1 fully saturated rings. The molecule has 0 unspecified atom stereocenters. The van der Waals surface area contributed by atoms with Crippen molar-refractivity contribution in [3.63, 3.8) is 0 Å². The molecule has 3 rings (SSSR count). The van der Waals surface area contributed by atoms with E-state index >= 15 is 0 Å². The average molecular weight is 379 g/mol.